The highest BCUT2D eigenvalue weighted by atomic mass is 32.2. The van der Waals surface area contributed by atoms with Crippen molar-refractivity contribution in [2.75, 3.05) is 15.8 Å². The van der Waals surface area contributed by atoms with Gasteiger partial charge in [0.1, 0.15) is 0 Å². The number of hydrogen-bond acceptors (Lipinski definition) is 6. The maximum absolute atomic E-state index is 12.9. The van der Waals surface area contributed by atoms with Gasteiger partial charge in [-0.3, -0.25) is 14.5 Å². The molecule has 10 heteroatoms. The highest BCUT2D eigenvalue weighted by molar-refractivity contribution is 7.92. The van der Waals surface area contributed by atoms with Gasteiger partial charge >= 0.3 is 0 Å². The molecule has 3 aromatic rings. The smallest absolute Gasteiger partial charge is 0.248 e. The summed E-state index contributed by atoms with van der Waals surface area (Å²) in [6, 6.07) is 14.9. The molecular formula is C22H21N3O5S2. The van der Waals surface area contributed by atoms with E-state index < -0.39 is 19.9 Å². The third-order valence-corrected chi connectivity index (χ3v) is 7.42. The minimum Gasteiger partial charge on any atom is -0.323 e. The van der Waals surface area contributed by atoms with E-state index in [0.717, 1.165) is 5.56 Å². The predicted octanol–water partition coefficient (Wildman–Crippen LogP) is 3.33. The second-order valence-corrected chi connectivity index (χ2v) is 10.6. The van der Waals surface area contributed by atoms with Gasteiger partial charge < -0.3 is 5.32 Å². The van der Waals surface area contributed by atoms with E-state index in [0.29, 0.717) is 5.69 Å². The van der Waals surface area contributed by atoms with E-state index in [1.165, 1.54) is 61.5 Å². The summed E-state index contributed by atoms with van der Waals surface area (Å²) >= 11 is 0. The molecule has 1 heterocycles. The Kier molecular flexibility index (Phi) is 7.06. The lowest BCUT2D eigenvalue weighted by Crippen LogP contribution is -2.15. The van der Waals surface area contributed by atoms with Gasteiger partial charge in [-0.25, -0.2) is 16.8 Å². The van der Waals surface area contributed by atoms with Crippen LogP contribution in [0.15, 0.2) is 88.9 Å². The number of nitrogens with zero attached hydrogens (tertiary/aromatic N) is 1. The van der Waals surface area contributed by atoms with Crippen LogP contribution in [0.4, 0.5) is 11.4 Å². The second kappa shape index (κ2) is 9.75. The van der Waals surface area contributed by atoms with E-state index in [4.69, 9.17) is 0 Å². The molecule has 0 bridgehead atoms. The first-order valence-corrected chi connectivity index (χ1v) is 12.7. The fraction of sp³-hybridized carbons (Fsp3) is 0.0909. The van der Waals surface area contributed by atoms with Crippen molar-refractivity contribution in [2.24, 2.45) is 0 Å². The number of nitrogens with one attached hydrogen (secondary N) is 2. The Morgan fingerprint density at radius 3 is 2.34 bits per heavy atom. The Labute approximate surface area is 187 Å². The molecule has 0 aliphatic heterocycles. The van der Waals surface area contributed by atoms with Crippen LogP contribution >= 0.6 is 0 Å². The Bertz CT molecular complexity index is 1340. The monoisotopic (exact) mass is 471 g/mol. The summed E-state index contributed by atoms with van der Waals surface area (Å²) in [6.45, 7) is 1.48. The normalized spacial score (nSPS) is 11.9. The van der Waals surface area contributed by atoms with Gasteiger partial charge in [-0.1, -0.05) is 12.1 Å². The number of amides is 1. The molecule has 2 aromatic carbocycles. The average Bonchev–Trinajstić information content (AvgIpc) is 2.79. The summed E-state index contributed by atoms with van der Waals surface area (Å²) in [4.78, 5) is 16.0. The van der Waals surface area contributed by atoms with Gasteiger partial charge in [0, 0.05) is 29.8 Å². The molecule has 0 aliphatic carbocycles. The molecular weight excluding hydrogens is 450 g/mol. The summed E-state index contributed by atoms with van der Waals surface area (Å²) < 4.78 is 51.7. The average molecular weight is 472 g/mol. The highest BCUT2D eigenvalue weighted by Gasteiger charge is 2.19. The topological polar surface area (TPSA) is 122 Å². The van der Waals surface area contributed by atoms with E-state index in [1.807, 2.05) is 0 Å². The first-order chi connectivity index (χ1) is 15.2. The van der Waals surface area contributed by atoms with Gasteiger partial charge in [0.15, 0.2) is 0 Å². The number of rotatable bonds is 8. The Balaban J connectivity index is 1.73. The second-order valence-electron chi connectivity index (χ2n) is 6.67. The molecule has 0 unspecified atom stereocenters. The van der Waals surface area contributed by atoms with Crippen LogP contribution < -0.4 is 10.0 Å². The molecule has 0 atom stereocenters. The number of carbonyl (C=O) groups is 1. The summed E-state index contributed by atoms with van der Waals surface area (Å²) in [5, 5.41) is 2.65. The number of aromatic nitrogens is 1. The first-order valence-electron chi connectivity index (χ1n) is 9.54. The fourth-order valence-corrected chi connectivity index (χ4v) is 4.60. The molecule has 0 saturated heterocycles. The van der Waals surface area contributed by atoms with E-state index in [-0.39, 0.29) is 27.1 Å². The van der Waals surface area contributed by atoms with Gasteiger partial charge in [-0.05, 0) is 67.1 Å². The quantitative estimate of drug-likeness (QED) is 0.486. The molecule has 0 aliphatic rings. The van der Waals surface area contributed by atoms with Crippen molar-refractivity contribution in [1.29, 1.82) is 0 Å². The minimum absolute atomic E-state index is 0.0110. The lowest BCUT2D eigenvalue weighted by Gasteiger charge is -2.10. The molecule has 1 aromatic heterocycles. The number of sulfone groups is 1. The van der Waals surface area contributed by atoms with Crippen LogP contribution in [0.25, 0.3) is 6.08 Å². The lowest BCUT2D eigenvalue weighted by atomic mass is 10.2. The Morgan fingerprint density at radius 1 is 0.938 bits per heavy atom. The molecule has 0 saturated carbocycles. The van der Waals surface area contributed by atoms with Gasteiger partial charge in [-0.2, -0.15) is 0 Å². The molecule has 166 valence electrons. The highest BCUT2D eigenvalue weighted by Crippen LogP contribution is 2.25. The van der Waals surface area contributed by atoms with Crippen molar-refractivity contribution >= 4 is 43.2 Å². The minimum atomic E-state index is -3.88. The summed E-state index contributed by atoms with van der Waals surface area (Å²) in [5.74, 6) is -0.505. The van der Waals surface area contributed by atoms with Crippen molar-refractivity contribution in [3.63, 3.8) is 0 Å². The van der Waals surface area contributed by atoms with Crippen LogP contribution in [0.3, 0.4) is 0 Å². The predicted molar refractivity (Wildman–Crippen MR) is 123 cm³/mol. The van der Waals surface area contributed by atoms with Crippen LogP contribution in [0.2, 0.25) is 0 Å². The van der Waals surface area contributed by atoms with Gasteiger partial charge in [0.25, 0.3) is 0 Å². The van der Waals surface area contributed by atoms with Crippen molar-refractivity contribution in [2.45, 2.75) is 16.7 Å². The van der Waals surface area contributed by atoms with Gasteiger partial charge in [-0.15, -0.1) is 0 Å². The number of pyridine rings is 1. The zero-order chi connectivity index (χ0) is 23.2. The largest absolute Gasteiger partial charge is 0.323 e. The summed E-state index contributed by atoms with van der Waals surface area (Å²) in [5.41, 5.74) is 1.36. The van der Waals surface area contributed by atoms with E-state index in [2.05, 4.69) is 15.0 Å². The number of anilines is 2. The number of benzene rings is 2. The van der Waals surface area contributed by atoms with Crippen LogP contribution in [0.5, 0.6) is 0 Å². The molecule has 3 rings (SSSR count). The zero-order valence-corrected chi connectivity index (χ0v) is 18.7. The fourth-order valence-electron chi connectivity index (χ4n) is 2.66. The lowest BCUT2D eigenvalue weighted by molar-refractivity contribution is -0.111. The van der Waals surface area contributed by atoms with E-state index >= 15 is 0 Å². The summed E-state index contributed by atoms with van der Waals surface area (Å²) in [6.07, 6.45) is 6.21. The van der Waals surface area contributed by atoms with Gasteiger partial charge in [0.05, 0.1) is 15.5 Å². The van der Waals surface area contributed by atoms with Crippen molar-refractivity contribution < 1.29 is 21.6 Å². The zero-order valence-electron chi connectivity index (χ0n) is 17.1. The molecule has 0 spiro atoms. The van der Waals surface area contributed by atoms with Crippen LogP contribution in [-0.2, 0) is 24.7 Å². The van der Waals surface area contributed by atoms with E-state index in [1.54, 1.807) is 30.6 Å². The van der Waals surface area contributed by atoms with Crippen molar-refractivity contribution in [1.82, 2.24) is 4.98 Å². The summed E-state index contributed by atoms with van der Waals surface area (Å²) in [7, 11) is -7.42. The number of hydrogen-bond donors (Lipinski definition) is 2. The number of sulfonamides is 1. The molecule has 0 fully saturated rings. The molecule has 2 N–H and O–H groups in total. The third kappa shape index (κ3) is 6.02. The van der Waals surface area contributed by atoms with E-state index in [9.17, 15) is 21.6 Å². The standard InChI is InChI=1S/C22H21N3O5S2/c1-2-31(27,28)25-19-6-3-7-21(15-19)32(29,30)20-11-9-18(10-12-20)24-22(26)13-8-17-5-4-14-23-16-17/h3-16,25H,2H2,1H3,(H,24,26). The molecule has 1 amide bonds. The van der Waals surface area contributed by atoms with Crippen LogP contribution in [0, 0.1) is 0 Å². The molecule has 0 radical (unpaired) electrons. The Morgan fingerprint density at radius 2 is 1.69 bits per heavy atom. The maximum Gasteiger partial charge on any atom is 0.248 e. The van der Waals surface area contributed by atoms with Crippen LogP contribution in [0.1, 0.15) is 12.5 Å². The third-order valence-electron chi connectivity index (χ3n) is 4.34. The van der Waals surface area contributed by atoms with Crippen molar-refractivity contribution in [3.8, 4) is 0 Å². The molecule has 8 nitrogen and oxygen atoms in total. The molecule has 32 heavy (non-hydrogen) atoms. The first kappa shape index (κ1) is 23.2. The van der Waals surface area contributed by atoms with Gasteiger partial charge in [0.2, 0.25) is 25.8 Å². The maximum atomic E-state index is 12.9. The Hall–Kier alpha value is -3.50. The van der Waals surface area contributed by atoms with Crippen molar-refractivity contribution in [3.05, 3.63) is 84.7 Å². The SMILES string of the molecule is CCS(=O)(=O)Nc1cccc(S(=O)(=O)c2ccc(NC(=O)C=Cc3cccnc3)cc2)c1. The number of carbonyl (C=O) groups excluding carboxylic acids is 1. The van der Waals surface area contributed by atoms with Crippen LogP contribution in [-0.4, -0.2) is 33.5 Å².